The van der Waals surface area contributed by atoms with Crippen LogP contribution in [0.3, 0.4) is 0 Å². The third kappa shape index (κ3) is 4.94. The van der Waals surface area contributed by atoms with Crippen molar-refractivity contribution in [2.45, 2.75) is 20.3 Å². The summed E-state index contributed by atoms with van der Waals surface area (Å²) in [7, 11) is 0. The first kappa shape index (κ1) is 13.3. The summed E-state index contributed by atoms with van der Waals surface area (Å²) in [5, 5.41) is 17.0. The maximum atomic E-state index is 10.8. The fourth-order valence-corrected chi connectivity index (χ4v) is 0.981. The molecule has 0 atom stereocenters. The lowest BCUT2D eigenvalue weighted by molar-refractivity contribution is -0.121. The molecule has 1 N–H and O–H groups in total. The summed E-state index contributed by atoms with van der Waals surface area (Å²) in [4.78, 5) is 10.8. The van der Waals surface area contributed by atoms with Gasteiger partial charge in [0.25, 0.3) is 0 Å². The van der Waals surface area contributed by atoms with Gasteiger partial charge in [0, 0.05) is 6.42 Å². The summed E-state index contributed by atoms with van der Waals surface area (Å²) in [5.74, 6) is -0.218. The van der Waals surface area contributed by atoms with Crippen LogP contribution in [0.25, 0.3) is 0 Å². The van der Waals surface area contributed by atoms with Crippen LogP contribution in [0.2, 0.25) is 0 Å². The van der Waals surface area contributed by atoms with Crippen LogP contribution in [-0.2, 0) is 11.2 Å². The molecule has 0 fully saturated rings. The highest BCUT2D eigenvalue weighted by Crippen LogP contribution is 2.04. The molecule has 1 aromatic rings. The van der Waals surface area contributed by atoms with Gasteiger partial charge in [-0.3, -0.25) is 4.79 Å². The maximum absolute atomic E-state index is 10.8. The smallest absolute Gasteiger partial charge is 0.162 e. The van der Waals surface area contributed by atoms with Crippen molar-refractivity contribution in [1.29, 1.82) is 5.26 Å². The number of aliphatic hydroxyl groups excluding tert-OH is 1. The van der Waals surface area contributed by atoms with E-state index in [4.69, 9.17) is 10.4 Å². The zero-order valence-corrected chi connectivity index (χ0v) is 9.03. The molecular formula is C12H15NO2. The molecule has 1 aromatic carbocycles. The highest BCUT2D eigenvalue weighted by atomic mass is 16.3. The van der Waals surface area contributed by atoms with Crippen molar-refractivity contribution in [2.75, 3.05) is 6.61 Å². The van der Waals surface area contributed by atoms with E-state index in [-0.39, 0.29) is 12.2 Å². The van der Waals surface area contributed by atoms with Gasteiger partial charge in [-0.2, -0.15) is 5.26 Å². The third-order valence-corrected chi connectivity index (χ3v) is 1.66. The van der Waals surface area contributed by atoms with E-state index in [1.807, 2.05) is 19.9 Å². The lowest BCUT2D eigenvalue weighted by atomic mass is 10.1. The van der Waals surface area contributed by atoms with Gasteiger partial charge in [0.05, 0.1) is 11.6 Å². The highest BCUT2D eigenvalue weighted by molar-refractivity contribution is 5.81. The highest BCUT2D eigenvalue weighted by Gasteiger charge is 2.01. The quantitative estimate of drug-likeness (QED) is 0.816. The number of ketones is 1. The number of aliphatic hydroxyl groups is 1. The Morgan fingerprint density at radius 2 is 1.87 bits per heavy atom. The molecule has 1 rings (SSSR count). The fraction of sp³-hybridized carbons (Fsp3) is 0.333. The van der Waals surface area contributed by atoms with E-state index < -0.39 is 6.61 Å². The molecule has 0 aliphatic carbocycles. The summed E-state index contributed by atoms with van der Waals surface area (Å²) in [6, 6.07) is 8.72. The zero-order valence-electron chi connectivity index (χ0n) is 9.03. The first-order valence-electron chi connectivity index (χ1n) is 4.88. The van der Waals surface area contributed by atoms with Gasteiger partial charge in [0.2, 0.25) is 0 Å². The molecule has 0 aliphatic rings. The van der Waals surface area contributed by atoms with Crippen molar-refractivity contribution in [3.63, 3.8) is 0 Å². The molecule has 3 heteroatoms. The largest absolute Gasteiger partial charge is 0.389 e. The van der Waals surface area contributed by atoms with Crippen LogP contribution < -0.4 is 0 Å². The van der Waals surface area contributed by atoms with E-state index in [9.17, 15) is 4.79 Å². The molecule has 80 valence electrons. The number of rotatable bonds is 3. The second-order valence-corrected chi connectivity index (χ2v) is 2.68. The molecule has 0 aliphatic heterocycles. The molecular weight excluding hydrogens is 190 g/mol. The number of carbonyl (C=O) groups is 1. The topological polar surface area (TPSA) is 61.1 Å². The van der Waals surface area contributed by atoms with Crippen LogP contribution in [0, 0.1) is 11.3 Å². The van der Waals surface area contributed by atoms with Crippen LogP contribution in [0.1, 0.15) is 25.0 Å². The molecule has 3 nitrogen and oxygen atoms in total. The van der Waals surface area contributed by atoms with E-state index in [2.05, 4.69) is 0 Å². The number of Topliss-reactive ketones (excluding diaryl/α,β-unsaturated/α-hetero) is 1. The van der Waals surface area contributed by atoms with E-state index in [0.717, 1.165) is 5.56 Å². The molecule has 0 unspecified atom stereocenters. The van der Waals surface area contributed by atoms with Crippen LogP contribution in [0.5, 0.6) is 0 Å². The Balaban J connectivity index is 0.000000921. The number of nitriles is 1. The maximum Gasteiger partial charge on any atom is 0.162 e. The fourth-order valence-electron chi connectivity index (χ4n) is 0.981. The van der Waals surface area contributed by atoms with Crippen molar-refractivity contribution in [3.05, 3.63) is 35.4 Å². The minimum Gasteiger partial charge on any atom is -0.389 e. The Kier molecular flexibility index (Phi) is 6.86. The summed E-state index contributed by atoms with van der Waals surface area (Å²) in [6.07, 6.45) is 0.224. The molecule has 0 heterocycles. The van der Waals surface area contributed by atoms with E-state index in [1.54, 1.807) is 24.3 Å². The Bertz CT molecular complexity index is 336. The standard InChI is InChI=1S/C10H9NO2.C2H6/c11-6-9-3-1-8(2-4-9)5-10(13)7-12;1-2/h1-4,12H,5,7H2;1-2H3. The SMILES string of the molecule is CC.N#Cc1ccc(CC(=O)CO)cc1. The van der Waals surface area contributed by atoms with Gasteiger partial charge in [-0.25, -0.2) is 0 Å². The van der Waals surface area contributed by atoms with Crippen LogP contribution in [-0.4, -0.2) is 17.5 Å². The average molecular weight is 205 g/mol. The van der Waals surface area contributed by atoms with Gasteiger partial charge in [0.1, 0.15) is 6.61 Å². The van der Waals surface area contributed by atoms with Gasteiger partial charge < -0.3 is 5.11 Å². The molecule has 0 bridgehead atoms. The van der Waals surface area contributed by atoms with Crippen LogP contribution >= 0.6 is 0 Å². The molecule has 0 saturated carbocycles. The molecule has 15 heavy (non-hydrogen) atoms. The predicted octanol–water partition coefficient (Wildman–Crippen LogP) is 1.69. The minimum atomic E-state index is -0.431. The van der Waals surface area contributed by atoms with Crippen molar-refractivity contribution in [1.82, 2.24) is 0 Å². The Hall–Kier alpha value is -1.66. The Morgan fingerprint density at radius 1 is 1.33 bits per heavy atom. The van der Waals surface area contributed by atoms with Crippen molar-refractivity contribution in [3.8, 4) is 6.07 Å². The summed E-state index contributed by atoms with van der Waals surface area (Å²) < 4.78 is 0. The second kappa shape index (κ2) is 7.72. The average Bonchev–Trinajstić information content (AvgIpc) is 2.32. The van der Waals surface area contributed by atoms with Crippen molar-refractivity contribution >= 4 is 5.78 Å². The van der Waals surface area contributed by atoms with Gasteiger partial charge >= 0.3 is 0 Å². The first-order valence-corrected chi connectivity index (χ1v) is 4.88. The second-order valence-electron chi connectivity index (χ2n) is 2.68. The number of nitrogens with zero attached hydrogens (tertiary/aromatic N) is 1. The van der Waals surface area contributed by atoms with Gasteiger partial charge in [0.15, 0.2) is 5.78 Å². The van der Waals surface area contributed by atoms with Gasteiger partial charge in [-0.15, -0.1) is 0 Å². The van der Waals surface area contributed by atoms with Crippen molar-refractivity contribution < 1.29 is 9.90 Å². The summed E-state index contributed by atoms with van der Waals surface area (Å²) >= 11 is 0. The lowest BCUT2D eigenvalue weighted by Crippen LogP contribution is -2.06. The number of benzene rings is 1. The van der Waals surface area contributed by atoms with Gasteiger partial charge in [-0.05, 0) is 17.7 Å². The van der Waals surface area contributed by atoms with E-state index in [1.165, 1.54) is 0 Å². The molecule has 0 amide bonds. The third-order valence-electron chi connectivity index (χ3n) is 1.66. The van der Waals surface area contributed by atoms with Crippen LogP contribution in [0.15, 0.2) is 24.3 Å². The van der Waals surface area contributed by atoms with E-state index >= 15 is 0 Å². The van der Waals surface area contributed by atoms with Crippen LogP contribution in [0.4, 0.5) is 0 Å². The molecule has 0 saturated heterocycles. The Morgan fingerprint density at radius 3 is 2.27 bits per heavy atom. The number of carbonyl (C=O) groups excluding carboxylic acids is 1. The zero-order chi connectivity index (χ0) is 11.7. The normalized spacial score (nSPS) is 8.40. The summed E-state index contributed by atoms with van der Waals surface area (Å²) in [6.45, 7) is 3.57. The molecule has 0 spiro atoms. The summed E-state index contributed by atoms with van der Waals surface area (Å²) in [5.41, 5.74) is 1.39. The van der Waals surface area contributed by atoms with Gasteiger partial charge in [-0.1, -0.05) is 26.0 Å². The Labute approximate surface area is 90.0 Å². The monoisotopic (exact) mass is 205 g/mol. The first-order chi connectivity index (χ1) is 7.26. The number of hydrogen-bond donors (Lipinski definition) is 1. The predicted molar refractivity (Wildman–Crippen MR) is 58.3 cm³/mol. The van der Waals surface area contributed by atoms with Crippen molar-refractivity contribution in [2.24, 2.45) is 0 Å². The molecule has 0 radical (unpaired) electrons. The van der Waals surface area contributed by atoms with E-state index in [0.29, 0.717) is 5.56 Å². The number of hydrogen-bond acceptors (Lipinski definition) is 3. The minimum absolute atomic E-state index is 0.218. The molecule has 0 aromatic heterocycles. The lowest BCUT2D eigenvalue weighted by Gasteiger charge is -1.97.